The van der Waals surface area contributed by atoms with E-state index in [0.29, 0.717) is 11.5 Å². The van der Waals surface area contributed by atoms with Gasteiger partial charge in [-0.1, -0.05) is 6.42 Å². The molecule has 2 rings (SSSR count). The average Bonchev–Trinajstić information content (AvgIpc) is 2.89. The van der Waals surface area contributed by atoms with Crippen LogP contribution < -0.4 is 10.6 Å². The first-order valence-electron chi connectivity index (χ1n) is 8.58. The van der Waals surface area contributed by atoms with Crippen molar-refractivity contribution in [1.29, 1.82) is 0 Å². The van der Waals surface area contributed by atoms with Crippen molar-refractivity contribution in [2.24, 2.45) is 10.4 Å². The van der Waals surface area contributed by atoms with E-state index in [0.717, 1.165) is 32.0 Å². The molecule has 0 aromatic carbocycles. The SMILES string of the molecule is CN=C(NCC1(CCOC)CCC1)NC(C)Cc1ccc(C)s1. The molecule has 2 N–H and O–H groups in total. The van der Waals surface area contributed by atoms with E-state index in [2.05, 4.69) is 41.6 Å². The molecule has 1 unspecified atom stereocenters. The number of nitrogens with zero attached hydrogens (tertiary/aromatic N) is 1. The number of hydrogen-bond acceptors (Lipinski definition) is 3. The molecule has 130 valence electrons. The molecule has 0 saturated heterocycles. The van der Waals surface area contributed by atoms with E-state index in [1.807, 2.05) is 18.4 Å². The fourth-order valence-corrected chi connectivity index (χ4v) is 4.18. The van der Waals surface area contributed by atoms with Gasteiger partial charge in [0.25, 0.3) is 0 Å². The van der Waals surface area contributed by atoms with E-state index in [4.69, 9.17) is 4.74 Å². The van der Waals surface area contributed by atoms with E-state index < -0.39 is 0 Å². The minimum absolute atomic E-state index is 0.371. The highest BCUT2D eigenvalue weighted by molar-refractivity contribution is 7.11. The third-order valence-corrected chi connectivity index (χ3v) is 5.81. The number of nitrogens with one attached hydrogen (secondary N) is 2. The van der Waals surface area contributed by atoms with Crippen LogP contribution in [0.5, 0.6) is 0 Å². The van der Waals surface area contributed by atoms with Crippen LogP contribution >= 0.6 is 11.3 Å². The first-order valence-corrected chi connectivity index (χ1v) is 9.40. The van der Waals surface area contributed by atoms with Crippen LogP contribution in [-0.4, -0.2) is 39.3 Å². The number of ether oxygens (including phenoxy) is 1. The molecule has 0 radical (unpaired) electrons. The van der Waals surface area contributed by atoms with E-state index in [1.54, 1.807) is 7.11 Å². The van der Waals surface area contributed by atoms with Gasteiger partial charge in [0, 0.05) is 49.5 Å². The fraction of sp³-hybridized carbons (Fsp3) is 0.722. The zero-order chi connectivity index (χ0) is 16.7. The monoisotopic (exact) mass is 337 g/mol. The van der Waals surface area contributed by atoms with Crippen LogP contribution in [0.1, 0.15) is 42.4 Å². The highest BCUT2D eigenvalue weighted by atomic mass is 32.1. The van der Waals surface area contributed by atoms with Crippen LogP contribution in [0.25, 0.3) is 0 Å². The summed E-state index contributed by atoms with van der Waals surface area (Å²) in [6.07, 6.45) is 6.10. The number of thiophene rings is 1. The van der Waals surface area contributed by atoms with Gasteiger partial charge in [-0.25, -0.2) is 0 Å². The molecule has 0 aliphatic heterocycles. The molecule has 1 heterocycles. The molecule has 0 bridgehead atoms. The summed E-state index contributed by atoms with van der Waals surface area (Å²) < 4.78 is 5.27. The summed E-state index contributed by atoms with van der Waals surface area (Å²) in [6, 6.07) is 4.79. The van der Waals surface area contributed by atoms with Gasteiger partial charge in [-0.2, -0.15) is 0 Å². The molecular formula is C18H31N3OS. The quantitative estimate of drug-likeness (QED) is 0.565. The lowest BCUT2D eigenvalue weighted by Gasteiger charge is -2.42. The Bertz CT molecular complexity index is 508. The topological polar surface area (TPSA) is 45.7 Å². The Morgan fingerprint density at radius 3 is 2.74 bits per heavy atom. The van der Waals surface area contributed by atoms with Crippen molar-refractivity contribution in [3.8, 4) is 0 Å². The van der Waals surface area contributed by atoms with Crippen LogP contribution in [0.4, 0.5) is 0 Å². The first-order chi connectivity index (χ1) is 11.1. The van der Waals surface area contributed by atoms with Crippen LogP contribution in [-0.2, 0) is 11.2 Å². The Balaban J connectivity index is 1.78. The summed E-state index contributed by atoms with van der Waals surface area (Å²) in [5, 5.41) is 7.05. The second kappa shape index (κ2) is 8.69. The lowest BCUT2D eigenvalue weighted by atomic mass is 9.67. The third-order valence-electron chi connectivity index (χ3n) is 4.79. The third kappa shape index (κ3) is 5.50. The van der Waals surface area contributed by atoms with Crippen LogP contribution in [0.2, 0.25) is 0 Å². The first kappa shape index (κ1) is 18.3. The number of aliphatic imine (C=N–C) groups is 1. The fourth-order valence-electron chi connectivity index (χ4n) is 3.16. The van der Waals surface area contributed by atoms with Gasteiger partial charge in [0.1, 0.15) is 0 Å². The van der Waals surface area contributed by atoms with Crippen LogP contribution in [0.15, 0.2) is 17.1 Å². The minimum Gasteiger partial charge on any atom is -0.385 e. The number of hydrogen-bond donors (Lipinski definition) is 2. The normalized spacial score (nSPS) is 18.3. The van der Waals surface area contributed by atoms with Crippen molar-refractivity contribution in [2.75, 3.05) is 27.3 Å². The van der Waals surface area contributed by atoms with Gasteiger partial charge in [-0.05, 0) is 50.7 Å². The molecule has 1 fully saturated rings. The van der Waals surface area contributed by atoms with Crippen molar-refractivity contribution < 1.29 is 4.74 Å². The van der Waals surface area contributed by atoms with E-state index in [9.17, 15) is 0 Å². The van der Waals surface area contributed by atoms with Crippen LogP contribution in [0.3, 0.4) is 0 Å². The molecule has 5 heteroatoms. The van der Waals surface area contributed by atoms with Crippen molar-refractivity contribution in [3.05, 3.63) is 21.9 Å². The van der Waals surface area contributed by atoms with Gasteiger partial charge in [0.2, 0.25) is 0 Å². The highest BCUT2D eigenvalue weighted by Gasteiger charge is 2.36. The number of aryl methyl sites for hydroxylation is 1. The largest absolute Gasteiger partial charge is 0.385 e. The summed E-state index contributed by atoms with van der Waals surface area (Å²) in [4.78, 5) is 7.18. The molecule has 4 nitrogen and oxygen atoms in total. The Morgan fingerprint density at radius 1 is 1.43 bits per heavy atom. The summed E-state index contributed by atoms with van der Waals surface area (Å²) in [7, 11) is 3.63. The van der Waals surface area contributed by atoms with Crippen molar-refractivity contribution in [3.63, 3.8) is 0 Å². The summed E-state index contributed by atoms with van der Waals surface area (Å²) in [6.45, 7) is 6.21. The molecule has 1 saturated carbocycles. The van der Waals surface area contributed by atoms with Gasteiger partial charge in [-0.15, -0.1) is 11.3 Å². The van der Waals surface area contributed by atoms with Crippen molar-refractivity contribution in [1.82, 2.24) is 10.6 Å². The Labute approximate surface area is 144 Å². The Morgan fingerprint density at radius 2 is 2.22 bits per heavy atom. The predicted octanol–water partition coefficient (Wildman–Crippen LogP) is 3.36. The molecule has 1 aliphatic carbocycles. The second-order valence-corrected chi connectivity index (χ2v) is 8.16. The Hall–Kier alpha value is -1.07. The maximum atomic E-state index is 5.27. The molecule has 23 heavy (non-hydrogen) atoms. The summed E-state index contributed by atoms with van der Waals surface area (Å²) in [5.74, 6) is 0.912. The summed E-state index contributed by atoms with van der Waals surface area (Å²) >= 11 is 1.88. The van der Waals surface area contributed by atoms with Gasteiger partial charge < -0.3 is 15.4 Å². The van der Waals surface area contributed by atoms with E-state index in [-0.39, 0.29) is 0 Å². The molecule has 0 spiro atoms. The molecule has 1 aliphatic rings. The van der Waals surface area contributed by atoms with E-state index in [1.165, 1.54) is 29.0 Å². The van der Waals surface area contributed by atoms with Crippen molar-refractivity contribution >= 4 is 17.3 Å². The smallest absolute Gasteiger partial charge is 0.191 e. The van der Waals surface area contributed by atoms with Gasteiger partial charge in [0.05, 0.1) is 0 Å². The predicted molar refractivity (Wildman–Crippen MR) is 99.5 cm³/mol. The molecule has 0 amide bonds. The lowest BCUT2D eigenvalue weighted by Crippen LogP contribution is -2.49. The van der Waals surface area contributed by atoms with Crippen molar-refractivity contribution in [2.45, 2.75) is 52.0 Å². The zero-order valence-corrected chi connectivity index (χ0v) is 15.8. The zero-order valence-electron chi connectivity index (χ0n) is 14.9. The maximum Gasteiger partial charge on any atom is 0.191 e. The van der Waals surface area contributed by atoms with Gasteiger partial charge in [-0.3, -0.25) is 4.99 Å². The standard InChI is InChI=1S/C18H31N3OS/c1-14(12-16-7-6-15(2)23-16)21-17(19-3)20-13-18(8-5-9-18)10-11-22-4/h6-7,14H,5,8-13H2,1-4H3,(H2,19,20,21). The maximum absolute atomic E-state index is 5.27. The molecule has 1 atom stereocenters. The van der Waals surface area contributed by atoms with E-state index >= 15 is 0 Å². The lowest BCUT2D eigenvalue weighted by molar-refractivity contribution is 0.0732. The Kier molecular flexibility index (Phi) is 6.90. The van der Waals surface area contributed by atoms with Crippen LogP contribution in [0, 0.1) is 12.3 Å². The summed E-state index contributed by atoms with van der Waals surface area (Å²) in [5.41, 5.74) is 0.404. The molecule has 1 aromatic heterocycles. The van der Waals surface area contributed by atoms with Gasteiger partial charge >= 0.3 is 0 Å². The molecule has 1 aromatic rings. The van der Waals surface area contributed by atoms with Gasteiger partial charge in [0.15, 0.2) is 5.96 Å². The number of guanidine groups is 1. The average molecular weight is 338 g/mol. The number of methoxy groups -OCH3 is 1. The number of rotatable bonds is 8. The second-order valence-electron chi connectivity index (χ2n) is 6.78. The minimum atomic E-state index is 0.371. The highest BCUT2D eigenvalue weighted by Crippen LogP contribution is 2.43. The molecular weight excluding hydrogens is 306 g/mol.